The third-order valence-corrected chi connectivity index (χ3v) is 5.10. The van der Waals surface area contributed by atoms with Crippen LogP contribution in [0.25, 0.3) is 0 Å². The SMILES string of the molecule is O=S1(=O)CCCC(NC2=NCCS2)C1. The molecule has 1 saturated heterocycles. The molecule has 0 aromatic heterocycles. The Kier molecular flexibility index (Phi) is 3.02. The molecule has 2 heterocycles. The third kappa shape index (κ3) is 2.63. The zero-order valence-corrected chi connectivity index (χ0v) is 9.53. The van der Waals surface area contributed by atoms with Gasteiger partial charge in [0.1, 0.15) is 0 Å². The van der Waals surface area contributed by atoms with Crippen LogP contribution in [0.5, 0.6) is 0 Å². The number of amidine groups is 1. The lowest BCUT2D eigenvalue weighted by atomic mass is 10.2. The van der Waals surface area contributed by atoms with E-state index >= 15 is 0 Å². The van der Waals surface area contributed by atoms with Crippen LogP contribution in [0.2, 0.25) is 0 Å². The van der Waals surface area contributed by atoms with Crippen molar-refractivity contribution in [3.05, 3.63) is 0 Å². The minimum absolute atomic E-state index is 0.0816. The van der Waals surface area contributed by atoms with Gasteiger partial charge < -0.3 is 5.32 Å². The van der Waals surface area contributed by atoms with Crippen molar-refractivity contribution in [3.63, 3.8) is 0 Å². The first-order valence-corrected chi connectivity index (χ1v) is 7.61. The van der Waals surface area contributed by atoms with E-state index in [9.17, 15) is 8.42 Å². The smallest absolute Gasteiger partial charge is 0.156 e. The average molecular weight is 234 g/mol. The highest BCUT2D eigenvalue weighted by Crippen LogP contribution is 2.15. The molecule has 0 saturated carbocycles. The summed E-state index contributed by atoms with van der Waals surface area (Å²) in [5.41, 5.74) is 0. The standard InChI is InChI=1S/C8H14N2O2S2/c11-14(12)5-1-2-7(6-14)10-8-9-3-4-13-8/h7H,1-6H2,(H,9,10). The van der Waals surface area contributed by atoms with Crippen LogP contribution in [0, 0.1) is 0 Å². The molecule has 0 radical (unpaired) electrons. The Balaban J connectivity index is 1.92. The van der Waals surface area contributed by atoms with Crippen LogP contribution in [0.4, 0.5) is 0 Å². The number of thioether (sulfide) groups is 1. The second kappa shape index (κ2) is 4.10. The summed E-state index contributed by atoms with van der Waals surface area (Å²) >= 11 is 1.68. The van der Waals surface area contributed by atoms with E-state index in [2.05, 4.69) is 10.3 Å². The van der Waals surface area contributed by atoms with Crippen molar-refractivity contribution in [1.82, 2.24) is 5.32 Å². The summed E-state index contributed by atoms with van der Waals surface area (Å²) in [4.78, 5) is 4.25. The van der Waals surface area contributed by atoms with Gasteiger partial charge in [-0.15, -0.1) is 0 Å². The number of rotatable bonds is 1. The molecule has 4 nitrogen and oxygen atoms in total. The molecule has 0 bridgehead atoms. The first kappa shape index (κ1) is 10.3. The minimum atomic E-state index is -2.80. The van der Waals surface area contributed by atoms with Crippen LogP contribution in [0.15, 0.2) is 4.99 Å². The van der Waals surface area contributed by atoms with E-state index < -0.39 is 9.84 Å². The van der Waals surface area contributed by atoms with Crippen molar-refractivity contribution in [2.45, 2.75) is 18.9 Å². The van der Waals surface area contributed by atoms with Crippen LogP contribution in [0.1, 0.15) is 12.8 Å². The zero-order valence-electron chi connectivity index (χ0n) is 7.90. The van der Waals surface area contributed by atoms with Crippen LogP contribution < -0.4 is 5.32 Å². The Bertz CT molecular complexity index is 337. The highest BCUT2D eigenvalue weighted by molar-refractivity contribution is 8.14. The second-order valence-corrected chi connectivity index (χ2v) is 6.95. The Morgan fingerprint density at radius 3 is 3.00 bits per heavy atom. The second-order valence-electron chi connectivity index (χ2n) is 3.63. The van der Waals surface area contributed by atoms with E-state index in [-0.39, 0.29) is 11.8 Å². The Morgan fingerprint density at radius 1 is 1.50 bits per heavy atom. The first-order chi connectivity index (χ1) is 6.66. The molecule has 0 aliphatic carbocycles. The molecule has 0 spiro atoms. The van der Waals surface area contributed by atoms with Gasteiger partial charge >= 0.3 is 0 Å². The summed E-state index contributed by atoms with van der Waals surface area (Å²) in [5.74, 6) is 1.64. The van der Waals surface area contributed by atoms with Gasteiger partial charge in [0.2, 0.25) is 0 Å². The Labute approximate surface area is 88.5 Å². The molecule has 2 aliphatic heterocycles. The molecule has 2 aliphatic rings. The fraction of sp³-hybridized carbons (Fsp3) is 0.875. The quantitative estimate of drug-likeness (QED) is 0.707. The van der Waals surface area contributed by atoms with Crippen molar-refractivity contribution in [3.8, 4) is 0 Å². The largest absolute Gasteiger partial charge is 0.361 e. The molecule has 0 aromatic carbocycles. The molecule has 1 fully saturated rings. The van der Waals surface area contributed by atoms with E-state index in [0.29, 0.717) is 5.75 Å². The van der Waals surface area contributed by atoms with E-state index in [1.807, 2.05) is 0 Å². The number of nitrogens with one attached hydrogen (secondary N) is 1. The van der Waals surface area contributed by atoms with E-state index in [1.54, 1.807) is 11.8 Å². The molecular formula is C8H14N2O2S2. The lowest BCUT2D eigenvalue weighted by Crippen LogP contribution is -2.41. The van der Waals surface area contributed by atoms with Crippen LogP contribution in [-0.4, -0.2) is 43.4 Å². The summed E-state index contributed by atoms with van der Waals surface area (Å²) in [5, 5.41) is 4.13. The highest BCUT2D eigenvalue weighted by Gasteiger charge is 2.25. The van der Waals surface area contributed by atoms with Gasteiger partial charge in [0.25, 0.3) is 0 Å². The van der Waals surface area contributed by atoms with Gasteiger partial charge in [0, 0.05) is 11.8 Å². The molecule has 14 heavy (non-hydrogen) atoms. The van der Waals surface area contributed by atoms with Crippen LogP contribution in [0.3, 0.4) is 0 Å². The number of aliphatic imine (C=N–C) groups is 1. The maximum Gasteiger partial charge on any atom is 0.156 e. The molecular weight excluding hydrogens is 220 g/mol. The van der Waals surface area contributed by atoms with Crippen LogP contribution >= 0.6 is 11.8 Å². The fourth-order valence-electron chi connectivity index (χ4n) is 1.73. The van der Waals surface area contributed by atoms with E-state index in [1.165, 1.54) is 0 Å². The molecule has 2 rings (SSSR count). The predicted molar refractivity (Wildman–Crippen MR) is 59.6 cm³/mol. The first-order valence-electron chi connectivity index (χ1n) is 4.80. The van der Waals surface area contributed by atoms with Crippen molar-refractivity contribution >= 4 is 26.8 Å². The average Bonchev–Trinajstić information content (AvgIpc) is 2.54. The molecule has 0 aromatic rings. The molecule has 1 unspecified atom stereocenters. The maximum absolute atomic E-state index is 11.3. The summed E-state index contributed by atoms with van der Waals surface area (Å²) in [6, 6.07) is 0.0816. The van der Waals surface area contributed by atoms with Gasteiger partial charge in [-0.25, -0.2) is 8.42 Å². The van der Waals surface area contributed by atoms with E-state index in [0.717, 1.165) is 30.3 Å². The lowest BCUT2D eigenvalue weighted by molar-refractivity contribution is 0.533. The van der Waals surface area contributed by atoms with E-state index in [4.69, 9.17) is 0 Å². The number of sulfone groups is 1. The van der Waals surface area contributed by atoms with Crippen molar-refractivity contribution in [2.75, 3.05) is 23.8 Å². The van der Waals surface area contributed by atoms with Crippen molar-refractivity contribution in [2.24, 2.45) is 4.99 Å². The van der Waals surface area contributed by atoms with Crippen molar-refractivity contribution < 1.29 is 8.42 Å². The summed E-state index contributed by atoms with van der Waals surface area (Å²) in [6.45, 7) is 0.854. The summed E-state index contributed by atoms with van der Waals surface area (Å²) in [6.07, 6.45) is 1.72. The summed E-state index contributed by atoms with van der Waals surface area (Å²) in [7, 11) is -2.80. The predicted octanol–water partition coefficient (Wildman–Crippen LogP) is 0.256. The number of nitrogens with zero attached hydrogens (tertiary/aromatic N) is 1. The molecule has 0 amide bonds. The minimum Gasteiger partial charge on any atom is -0.361 e. The third-order valence-electron chi connectivity index (χ3n) is 2.38. The van der Waals surface area contributed by atoms with Crippen LogP contribution in [-0.2, 0) is 9.84 Å². The molecule has 80 valence electrons. The lowest BCUT2D eigenvalue weighted by Gasteiger charge is -2.23. The molecule has 1 atom stereocenters. The topological polar surface area (TPSA) is 58.5 Å². The number of hydrogen-bond donors (Lipinski definition) is 1. The fourth-order valence-corrected chi connectivity index (χ4v) is 4.18. The van der Waals surface area contributed by atoms with Gasteiger partial charge in [-0.3, -0.25) is 4.99 Å². The van der Waals surface area contributed by atoms with Crippen molar-refractivity contribution in [1.29, 1.82) is 0 Å². The summed E-state index contributed by atoms with van der Waals surface area (Å²) < 4.78 is 22.7. The van der Waals surface area contributed by atoms with Gasteiger partial charge in [-0.2, -0.15) is 0 Å². The van der Waals surface area contributed by atoms with Gasteiger partial charge in [-0.05, 0) is 12.8 Å². The van der Waals surface area contributed by atoms with Gasteiger partial charge in [-0.1, -0.05) is 11.8 Å². The monoisotopic (exact) mass is 234 g/mol. The van der Waals surface area contributed by atoms with Gasteiger partial charge in [0.15, 0.2) is 15.0 Å². The normalized spacial score (nSPS) is 31.1. The zero-order chi connectivity index (χ0) is 10.0. The Morgan fingerprint density at radius 2 is 2.36 bits per heavy atom. The maximum atomic E-state index is 11.3. The van der Waals surface area contributed by atoms with Gasteiger partial charge in [0.05, 0.1) is 18.1 Å². The Hall–Kier alpha value is -0.230. The molecule has 6 heteroatoms. The molecule has 1 N–H and O–H groups in total. The number of hydrogen-bond acceptors (Lipinski definition) is 5. The highest BCUT2D eigenvalue weighted by atomic mass is 32.2.